The third-order valence-electron chi connectivity index (χ3n) is 3.71. The van der Waals surface area contributed by atoms with E-state index in [0.29, 0.717) is 17.9 Å². The summed E-state index contributed by atoms with van der Waals surface area (Å²) in [6, 6.07) is 15.3. The molecular formula is C20H23N3O4. The molecule has 0 aliphatic carbocycles. The molecule has 0 aliphatic heterocycles. The number of nitrogens with one attached hydrogen (secondary N) is 3. The van der Waals surface area contributed by atoms with E-state index in [1.807, 2.05) is 37.3 Å². The second-order valence-electron chi connectivity index (χ2n) is 5.83. The van der Waals surface area contributed by atoms with E-state index in [2.05, 4.69) is 16.2 Å². The molecule has 0 bridgehead atoms. The van der Waals surface area contributed by atoms with Crippen LogP contribution in [0.15, 0.2) is 54.6 Å². The van der Waals surface area contributed by atoms with Gasteiger partial charge < -0.3 is 10.1 Å². The van der Waals surface area contributed by atoms with Gasteiger partial charge in [-0.05, 0) is 36.8 Å². The van der Waals surface area contributed by atoms with Crippen molar-refractivity contribution in [2.75, 3.05) is 6.61 Å². The molecule has 0 saturated carbocycles. The Morgan fingerprint density at radius 1 is 0.963 bits per heavy atom. The van der Waals surface area contributed by atoms with Crippen molar-refractivity contribution in [1.29, 1.82) is 0 Å². The lowest BCUT2D eigenvalue weighted by atomic mass is 10.0. The van der Waals surface area contributed by atoms with E-state index in [-0.39, 0.29) is 12.3 Å². The first-order valence-corrected chi connectivity index (χ1v) is 8.63. The normalized spacial score (nSPS) is 11.2. The van der Waals surface area contributed by atoms with Gasteiger partial charge in [-0.15, -0.1) is 0 Å². The number of hydrogen-bond donors (Lipinski definition) is 3. The topological polar surface area (TPSA) is 96.5 Å². The predicted molar refractivity (Wildman–Crippen MR) is 101 cm³/mol. The Bertz CT molecular complexity index is 776. The molecule has 0 aromatic heterocycles. The Balaban J connectivity index is 1.91. The number of benzene rings is 2. The van der Waals surface area contributed by atoms with Crippen molar-refractivity contribution in [3.05, 3.63) is 65.7 Å². The van der Waals surface area contributed by atoms with Gasteiger partial charge in [-0.1, -0.05) is 30.3 Å². The van der Waals surface area contributed by atoms with Crippen LogP contribution in [0.3, 0.4) is 0 Å². The van der Waals surface area contributed by atoms with Crippen LogP contribution in [0.4, 0.5) is 0 Å². The standard InChI is InChI=1S/C20H23N3O4/c1-3-27-17-11-9-16(10-12-17)20(26)23-22-19(25)13-18(21-14(2)24)15-7-5-4-6-8-15/h4-12,18H,3,13H2,1-2H3,(H,21,24)(H,22,25)(H,23,26)/t18-/m0/s1. The molecule has 0 saturated heterocycles. The van der Waals surface area contributed by atoms with Crippen molar-refractivity contribution < 1.29 is 19.1 Å². The molecule has 1 atom stereocenters. The fraction of sp³-hybridized carbons (Fsp3) is 0.250. The summed E-state index contributed by atoms with van der Waals surface area (Å²) in [4.78, 5) is 35.7. The molecule has 3 amide bonds. The first-order valence-electron chi connectivity index (χ1n) is 8.63. The predicted octanol–water partition coefficient (Wildman–Crippen LogP) is 2.11. The highest BCUT2D eigenvalue weighted by Crippen LogP contribution is 2.16. The molecule has 0 spiro atoms. The average Bonchev–Trinajstić information content (AvgIpc) is 2.67. The van der Waals surface area contributed by atoms with E-state index in [1.54, 1.807) is 24.3 Å². The molecule has 142 valence electrons. The SMILES string of the molecule is CCOc1ccc(C(=O)NNC(=O)C[C@H](NC(C)=O)c2ccccc2)cc1. The van der Waals surface area contributed by atoms with Crippen LogP contribution >= 0.6 is 0 Å². The van der Waals surface area contributed by atoms with Crippen molar-refractivity contribution in [3.63, 3.8) is 0 Å². The van der Waals surface area contributed by atoms with Crippen molar-refractivity contribution in [2.45, 2.75) is 26.3 Å². The van der Waals surface area contributed by atoms with Crippen LogP contribution in [0.5, 0.6) is 5.75 Å². The maximum absolute atomic E-state index is 12.2. The minimum absolute atomic E-state index is 0.00679. The molecule has 27 heavy (non-hydrogen) atoms. The summed E-state index contributed by atoms with van der Waals surface area (Å²) in [5, 5.41) is 2.74. The van der Waals surface area contributed by atoms with Gasteiger partial charge in [0, 0.05) is 12.5 Å². The number of ether oxygens (including phenoxy) is 1. The van der Waals surface area contributed by atoms with Crippen LogP contribution in [-0.4, -0.2) is 24.3 Å². The van der Waals surface area contributed by atoms with Gasteiger partial charge in [0.25, 0.3) is 5.91 Å². The number of hydrazine groups is 1. The zero-order valence-electron chi connectivity index (χ0n) is 15.3. The van der Waals surface area contributed by atoms with Crippen LogP contribution in [0.25, 0.3) is 0 Å². The van der Waals surface area contributed by atoms with Gasteiger partial charge in [0.1, 0.15) is 5.75 Å². The van der Waals surface area contributed by atoms with Crippen LogP contribution in [0.1, 0.15) is 42.2 Å². The van der Waals surface area contributed by atoms with Crippen molar-refractivity contribution in [1.82, 2.24) is 16.2 Å². The molecule has 2 aromatic rings. The smallest absolute Gasteiger partial charge is 0.269 e. The highest BCUT2D eigenvalue weighted by molar-refractivity contribution is 5.95. The van der Waals surface area contributed by atoms with E-state index in [4.69, 9.17) is 4.74 Å². The fourth-order valence-corrected chi connectivity index (χ4v) is 2.49. The Morgan fingerprint density at radius 2 is 1.63 bits per heavy atom. The molecule has 0 heterocycles. The second-order valence-corrected chi connectivity index (χ2v) is 5.83. The molecule has 7 nitrogen and oxygen atoms in total. The van der Waals surface area contributed by atoms with Gasteiger partial charge in [0.2, 0.25) is 11.8 Å². The Labute approximate surface area is 158 Å². The first-order chi connectivity index (χ1) is 13.0. The zero-order valence-corrected chi connectivity index (χ0v) is 15.3. The second kappa shape index (κ2) is 9.96. The number of amides is 3. The summed E-state index contributed by atoms with van der Waals surface area (Å²) in [6.07, 6.45) is -0.00679. The lowest BCUT2D eigenvalue weighted by molar-refractivity contribution is -0.123. The summed E-state index contributed by atoms with van der Waals surface area (Å²) < 4.78 is 5.32. The third-order valence-corrected chi connectivity index (χ3v) is 3.71. The Morgan fingerprint density at radius 3 is 2.22 bits per heavy atom. The summed E-state index contributed by atoms with van der Waals surface area (Å²) in [6.45, 7) is 3.81. The van der Waals surface area contributed by atoms with E-state index >= 15 is 0 Å². The summed E-state index contributed by atoms with van der Waals surface area (Å²) in [5.74, 6) is -0.437. The molecule has 0 fully saturated rings. The maximum atomic E-state index is 12.2. The van der Waals surface area contributed by atoms with Gasteiger partial charge in [-0.25, -0.2) is 0 Å². The quantitative estimate of drug-likeness (QED) is 0.651. The lowest BCUT2D eigenvalue weighted by Gasteiger charge is -2.18. The van der Waals surface area contributed by atoms with Crippen molar-refractivity contribution >= 4 is 17.7 Å². The zero-order chi connectivity index (χ0) is 19.6. The molecule has 0 unspecified atom stereocenters. The maximum Gasteiger partial charge on any atom is 0.269 e. The first kappa shape index (κ1) is 20.0. The molecule has 2 aromatic carbocycles. The molecular weight excluding hydrogens is 346 g/mol. The average molecular weight is 369 g/mol. The highest BCUT2D eigenvalue weighted by atomic mass is 16.5. The van der Waals surface area contributed by atoms with Crippen LogP contribution in [0.2, 0.25) is 0 Å². The van der Waals surface area contributed by atoms with E-state index in [9.17, 15) is 14.4 Å². The van der Waals surface area contributed by atoms with Crippen molar-refractivity contribution in [3.8, 4) is 5.75 Å². The van der Waals surface area contributed by atoms with Gasteiger partial charge in [-0.2, -0.15) is 0 Å². The largest absolute Gasteiger partial charge is 0.494 e. The number of rotatable bonds is 7. The summed E-state index contributed by atoms with van der Waals surface area (Å²) in [7, 11) is 0. The fourth-order valence-electron chi connectivity index (χ4n) is 2.49. The van der Waals surface area contributed by atoms with E-state index in [0.717, 1.165) is 5.56 Å². The lowest BCUT2D eigenvalue weighted by Crippen LogP contribution is -2.43. The highest BCUT2D eigenvalue weighted by Gasteiger charge is 2.17. The summed E-state index contributed by atoms with van der Waals surface area (Å²) in [5.41, 5.74) is 5.94. The Hall–Kier alpha value is -3.35. The summed E-state index contributed by atoms with van der Waals surface area (Å²) >= 11 is 0. The number of carbonyl (C=O) groups is 3. The molecule has 0 aliphatic rings. The molecule has 7 heteroatoms. The third kappa shape index (κ3) is 6.47. The minimum Gasteiger partial charge on any atom is -0.494 e. The number of hydrogen-bond acceptors (Lipinski definition) is 4. The van der Waals surface area contributed by atoms with E-state index < -0.39 is 17.9 Å². The molecule has 2 rings (SSSR count). The van der Waals surface area contributed by atoms with Gasteiger partial charge in [-0.3, -0.25) is 25.2 Å². The van der Waals surface area contributed by atoms with Crippen LogP contribution in [0, 0.1) is 0 Å². The van der Waals surface area contributed by atoms with E-state index in [1.165, 1.54) is 6.92 Å². The van der Waals surface area contributed by atoms with Gasteiger partial charge in [0.05, 0.1) is 19.1 Å². The van der Waals surface area contributed by atoms with Crippen LogP contribution < -0.4 is 20.9 Å². The Kier molecular flexibility index (Phi) is 7.37. The van der Waals surface area contributed by atoms with Gasteiger partial charge in [0.15, 0.2) is 0 Å². The van der Waals surface area contributed by atoms with Crippen LogP contribution in [-0.2, 0) is 9.59 Å². The molecule has 0 radical (unpaired) electrons. The molecule has 3 N–H and O–H groups in total. The monoisotopic (exact) mass is 369 g/mol. The number of carbonyl (C=O) groups excluding carboxylic acids is 3. The van der Waals surface area contributed by atoms with Gasteiger partial charge >= 0.3 is 0 Å². The minimum atomic E-state index is -0.480. The van der Waals surface area contributed by atoms with Crippen molar-refractivity contribution in [2.24, 2.45) is 0 Å².